The molecule has 0 amide bonds. The lowest BCUT2D eigenvalue weighted by Crippen LogP contribution is -2.44. The summed E-state index contributed by atoms with van der Waals surface area (Å²) in [5, 5.41) is 3.34. The lowest BCUT2D eigenvalue weighted by atomic mass is 10.1. The van der Waals surface area contributed by atoms with Crippen molar-refractivity contribution in [3.8, 4) is 0 Å². The van der Waals surface area contributed by atoms with Crippen molar-refractivity contribution in [3.05, 3.63) is 0 Å². The van der Waals surface area contributed by atoms with Gasteiger partial charge in [-0.3, -0.25) is 0 Å². The van der Waals surface area contributed by atoms with Crippen LogP contribution in [-0.4, -0.2) is 32.0 Å². The van der Waals surface area contributed by atoms with E-state index < -0.39 is 9.84 Å². The molecule has 19 heavy (non-hydrogen) atoms. The Morgan fingerprint density at radius 1 is 1.00 bits per heavy atom. The normalized spacial score (nSPS) is 25.2. The fourth-order valence-electron chi connectivity index (χ4n) is 2.97. The molecule has 0 aromatic rings. The van der Waals surface area contributed by atoms with Gasteiger partial charge in [0.2, 0.25) is 0 Å². The topological polar surface area (TPSA) is 46.2 Å². The van der Waals surface area contributed by atoms with E-state index in [0.717, 1.165) is 51.5 Å². The highest BCUT2D eigenvalue weighted by Gasteiger charge is 2.33. The SMILES string of the molecule is CCCCCS(=O)(=O)C1CCCCCC1NCCC. The Hall–Kier alpha value is -0.0900. The average Bonchev–Trinajstić information content (AvgIpc) is 2.62. The summed E-state index contributed by atoms with van der Waals surface area (Å²) in [6.07, 6.45) is 9.31. The minimum absolute atomic E-state index is 0.140. The van der Waals surface area contributed by atoms with Crippen LogP contribution in [0.1, 0.15) is 71.6 Å². The van der Waals surface area contributed by atoms with E-state index in [-0.39, 0.29) is 11.3 Å². The third-order valence-corrected chi connectivity index (χ3v) is 6.45. The highest BCUT2D eigenvalue weighted by molar-refractivity contribution is 7.92. The van der Waals surface area contributed by atoms with E-state index in [1.165, 1.54) is 12.8 Å². The van der Waals surface area contributed by atoms with E-state index in [4.69, 9.17) is 0 Å². The lowest BCUT2D eigenvalue weighted by molar-refractivity contribution is 0.449. The molecule has 4 heteroatoms. The first-order valence-electron chi connectivity index (χ1n) is 8.06. The summed E-state index contributed by atoms with van der Waals surface area (Å²) in [4.78, 5) is 0. The predicted molar refractivity (Wildman–Crippen MR) is 82.3 cm³/mol. The molecule has 0 aromatic carbocycles. The first kappa shape index (κ1) is 17.0. The first-order chi connectivity index (χ1) is 9.11. The Morgan fingerprint density at radius 3 is 2.42 bits per heavy atom. The minimum atomic E-state index is -2.92. The number of sulfone groups is 1. The van der Waals surface area contributed by atoms with Crippen LogP contribution in [0.3, 0.4) is 0 Å². The maximum atomic E-state index is 12.5. The van der Waals surface area contributed by atoms with Gasteiger partial charge in [0.25, 0.3) is 0 Å². The predicted octanol–water partition coefficient (Wildman–Crippen LogP) is 3.29. The molecule has 1 N–H and O–H groups in total. The van der Waals surface area contributed by atoms with Crippen LogP contribution >= 0.6 is 0 Å². The second kappa shape index (κ2) is 8.96. The van der Waals surface area contributed by atoms with Crippen molar-refractivity contribution in [2.24, 2.45) is 0 Å². The maximum Gasteiger partial charge on any atom is 0.154 e. The molecule has 0 heterocycles. The molecule has 3 nitrogen and oxygen atoms in total. The van der Waals surface area contributed by atoms with E-state index in [9.17, 15) is 8.42 Å². The number of nitrogens with one attached hydrogen (secondary N) is 1. The van der Waals surface area contributed by atoms with Crippen molar-refractivity contribution in [2.45, 2.75) is 82.9 Å². The maximum absolute atomic E-state index is 12.5. The van der Waals surface area contributed by atoms with Gasteiger partial charge in [-0.15, -0.1) is 0 Å². The lowest BCUT2D eigenvalue weighted by Gasteiger charge is -2.26. The van der Waals surface area contributed by atoms with Gasteiger partial charge in [-0.05, 0) is 32.2 Å². The first-order valence-corrected chi connectivity index (χ1v) is 9.78. The second-order valence-electron chi connectivity index (χ2n) is 5.81. The van der Waals surface area contributed by atoms with E-state index >= 15 is 0 Å². The van der Waals surface area contributed by atoms with Crippen molar-refractivity contribution in [2.75, 3.05) is 12.3 Å². The van der Waals surface area contributed by atoms with Gasteiger partial charge >= 0.3 is 0 Å². The molecular formula is C15H31NO2S. The fourth-order valence-corrected chi connectivity index (χ4v) is 5.14. The van der Waals surface area contributed by atoms with Crippen LogP contribution in [0.2, 0.25) is 0 Å². The Labute approximate surface area is 119 Å². The molecule has 2 atom stereocenters. The molecule has 1 aliphatic rings. The van der Waals surface area contributed by atoms with Crippen LogP contribution in [0.4, 0.5) is 0 Å². The van der Waals surface area contributed by atoms with Gasteiger partial charge < -0.3 is 5.32 Å². The molecule has 0 aromatic heterocycles. The molecule has 0 radical (unpaired) electrons. The molecule has 0 bridgehead atoms. The second-order valence-corrected chi connectivity index (χ2v) is 8.15. The molecule has 1 fully saturated rings. The summed E-state index contributed by atoms with van der Waals surface area (Å²) < 4.78 is 25.1. The third-order valence-electron chi connectivity index (χ3n) is 4.10. The van der Waals surface area contributed by atoms with Gasteiger partial charge in [0, 0.05) is 6.04 Å². The summed E-state index contributed by atoms with van der Waals surface area (Å²) in [5.74, 6) is 0.385. The van der Waals surface area contributed by atoms with Crippen LogP contribution in [0.5, 0.6) is 0 Å². The number of unbranched alkanes of at least 4 members (excludes halogenated alkanes) is 2. The molecule has 1 aliphatic carbocycles. The number of rotatable bonds is 8. The van der Waals surface area contributed by atoms with Gasteiger partial charge in [-0.1, -0.05) is 46.0 Å². The molecule has 0 saturated heterocycles. The fraction of sp³-hybridized carbons (Fsp3) is 1.00. The van der Waals surface area contributed by atoms with Crippen molar-refractivity contribution in [1.82, 2.24) is 5.32 Å². The summed E-state index contributed by atoms with van der Waals surface area (Å²) in [6, 6.07) is 0.189. The number of hydrogen-bond acceptors (Lipinski definition) is 3. The Kier molecular flexibility index (Phi) is 8.00. The summed E-state index contributed by atoms with van der Waals surface area (Å²) in [5.41, 5.74) is 0. The summed E-state index contributed by atoms with van der Waals surface area (Å²) in [7, 11) is -2.92. The highest BCUT2D eigenvalue weighted by Crippen LogP contribution is 2.25. The number of hydrogen-bond donors (Lipinski definition) is 1. The van der Waals surface area contributed by atoms with E-state index in [2.05, 4.69) is 19.2 Å². The zero-order valence-corrected chi connectivity index (χ0v) is 13.5. The van der Waals surface area contributed by atoms with Crippen LogP contribution in [0.25, 0.3) is 0 Å². The van der Waals surface area contributed by atoms with Gasteiger partial charge in [0.15, 0.2) is 9.84 Å². The van der Waals surface area contributed by atoms with Gasteiger partial charge in [-0.25, -0.2) is 8.42 Å². The van der Waals surface area contributed by atoms with Gasteiger partial charge in [0.1, 0.15) is 0 Å². The Morgan fingerprint density at radius 2 is 1.74 bits per heavy atom. The molecule has 1 rings (SSSR count). The van der Waals surface area contributed by atoms with Gasteiger partial charge in [0.05, 0.1) is 11.0 Å². The zero-order chi connectivity index (χ0) is 14.1. The zero-order valence-electron chi connectivity index (χ0n) is 12.7. The van der Waals surface area contributed by atoms with Gasteiger partial charge in [-0.2, -0.15) is 0 Å². The molecule has 0 aliphatic heterocycles. The van der Waals surface area contributed by atoms with E-state index in [0.29, 0.717) is 5.75 Å². The minimum Gasteiger partial charge on any atom is -0.313 e. The molecular weight excluding hydrogens is 258 g/mol. The van der Waals surface area contributed by atoms with Crippen molar-refractivity contribution >= 4 is 9.84 Å². The van der Waals surface area contributed by atoms with Crippen molar-refractivity contribution < 1.29 is 8.42 Å². The van der Waals surface area contributed by atoms with Crippen LogP contribution in [0.15, 0.2) is 0 Å². The smallest absolute Gasteiger partial charge is 0.154 e. The summed E-state index contributed by atoms with van der Waals surface area (Å²) >= 11 is 0. The van der Waals surface area contributed by atoms with Crippen LogP contribution < -0.4 is 5.32 Å². The van der Waals surface area contributed by atoms with Crippen molar-refractivity contribution in [3.63, 3.8) is 0 Å². The monoisotopic (exact) mass is 289 g/mol. The Bertz CT molecular complexity index is 327. The van der Waals surface area contributed by atoms with Crippen LogP contribution in [0, 0.1) is 0 Å². The standard InChI is InChI=1S/C15H31NO2S/c1-3-5-9-13-19(17,18)15-11-8-6-7-10-14(15)16-12-4-2/h14-16H,3-13H2,1-2H3. The average molecular weight is 289 g/mol. The quantitative estimate of drug-likeness (QED) is 0.551. The highest BCUT2D eigenvalue weighted by atomic mass is 32.2. The Balaban J connectivity index is 2.66. The van der Waals surface area contributed by atoms with E-state index in [1.807, 2.05) is 0 Å². The molecule has 114 valence electrons. The third kappa shape index (κ3) is 5.82. The molecule has 0 spiro atoms. The largest absolute Gasteiger partial charge is 0.313 e. The molecule has 1 saturated carbocycles. The van der Waals surface area contributed by atoms with Crippen molar-refractivity contribution in [1.29, 1.82) is 0 Å². The van der Waals surface area contributed by atoms with Crippen LogP contribution in [-0.2, 0) is 9.84 Å². The molecule has 2 unspecified atom stereocenters. The summed E-state index contributed by atoms with van der Waals surface area (Å²) in [6.45, 7) is 5.18. The van der Waals surface area contributed by atoms with E-state index in [1.54, 1.807) is 0 Å².